The fourth-order valence-electron chi connectivity index (χ4n) is 1.67. The third kappa shape index (κ3) is 3.00. The van der Waals surface area contributed by atoms with Crippen molar-refractivity contribution in [3.05, 3.63) is 29.8 Å². The molecule has 0 amide bonds. The number of nitrogens with one attached hydrogen (secondary N) is 1. The second-order valence-electron chi connectivity index (χ2n) is 3.82. The van der Waals surface area contributed by atoms with Crippen molar-refractivity contribution in [2.75, 3.05) is 6.54 Å². The minimum absolute atomic E-state index is 0.119. The Bertz CT molecular complexity index is 384. The molecule has 1 heterocycles. The van der Waals surface area contributed by atoms with Gasteiger partial charge in [-0.3, -0.25) is 9.78 Å². The number of halogens is 1. The highest BCUT2D eigenvalue weighted by atomic mass is 19.1. The lowest BCUT2D eigenvalue weighted by Crippen LogP contribution is -2.41. The second-order valence-corrected chi connectivity index (χ2v) is 3.82. The van der Waals surface area contributed by atoms with Gasteiger partial charge in [0.05, 0.1) is 18.2 Å². The zero-order valence-electron chi connectivity index (χ0n) is 9.33. The monoisotopic (exact) mass is 226 g/mol. The van der Waals surface area contributed by atoms with Crippen molar-refractivity contribution in [1.29, 1.82) is 0 Å². The molecule has 1 rings (SSSR count). The van der Waals surface area contributed by atoms with Gasteiger partial charge in [0.15, 0.2) is 0 Å². The molecule has 0 aliphatic carbocycles. The van der Waals surface area contributed by atoms with Crippen LogP contribution in [-0.4, -0.2) is 22.6 Å². The predicted molar refractivity (Wildman–Crippen MR) is 57.5 cm³/mol. The molecule has 0 aliphatic rings. The summed E-state index contributed by atoms with van der Waals surface area (Å²) in [6.07, 6.45) is 2.46. The van der Waals surface area contributed by atoms with E-state index in [1.807, 2.05) is 6.92 Å². The number of pyridine rings is 1. The van der Waals surface area contributed by atoms with E-state index in [0.717, 1.165) is 6.20 Å². The molecular weight excluding hydrogens is 211 g/mol. The van der Waals surface area contributed by atoms with Crippen LogP contribution in [0, 0.1) is 5.82 Å². The van der Waals surface area contributed by atoms with Gasteiger partial charge in [-0.1, -0.05) is 6.92 Å². The van der Waals surface area contributed by atoms with Gasteiger partial charge in [-0.05, 0) is 25.1 Å². The number of carbonyl (C=O) groups is 1. The van der Waals surface area contributed by atoms with E-state index in [1.54, 1.807) is 6.92 Å². The van der Waals surface area contributed by atoms with Crippen molar-refractivity contribution >= 4 is 5.97 Å². The molecule has 1 aromatic rings. The standard InChI is InChI=1S/C11H15FN2O2/c1-3-14-11(2,5-10(15)16)8-4-9(12)7-13-6-8/h4,6-7,14H,3,5H2,1-2H3,(H,15,16). The average molecular weight is 226 g/mol. The van der Waals surface area contributed by atoms with Crippen LogP contribution < -0.4 is 5.32 Å². The van der Waals surface area contributed by atoms with Crippen LogP contribution in [0.1, 0.15) is 25.8 Å². The average Bonchev–Trinajstić information content (AvgIpc) is 2.16. The summed E-state index contributed by atoms with van der Waals surface area (Å²) in [5.74, 6) is -1.40. The lowest BCUT2D eigenvalue weighted by molar-refractivity contribution is -0.138. The van der Waals surface area contributed by atoms with Crippen molar-refractivity contribution in [2.24, 2.45) is 0 Å². The molecule has 0 saturated carbocycles. The Balaban J connectivity index is 3.05. The van der Waals surface area contributed by atoms with Crippen LogP contribution in [0.3, 0.4) is 0 Å². The Kier molecular flexibility index (Phi) is 3.95. The molecule has 0 bridgehead atoms. The summed E-state index contributed by atoms with van der Waals surface area (Å²) >= 11 is 0. The highest BCUT2D eigenvalue weighted by Gasteiger charge is 2.29. The first kappa shape index (κ1) is 12.6. The molecule has 0 saturated heterocycles. The summed E-state index contributed by atoms with van der Waals surface area (Å²) in [5, 5.41) is 11.9. The summed E-state index contributed by atoms with van der Waals surface area (Å²) in [5.41, 5.74) is -0.257. The maximum atomic E-state index is 13.0. The van der Waals surface area contributed by atoms with Crippen LogP contribution in [0.5, 0.6) is 0 Å². The van der Waals surface area contributed by atoms with Gasteiger partial charge >= 0.3 is 5.97 Å². The van der Waals surface area contributed by atoms with E-state index in [2.05, 4.69) is 10.3 Å². The Morgan fingerprint density at radius 3 is 2.81 bits per heavy atom. The Labute approximate surface area is 93.5 Å². The Hall–Kier alpha value is -1.49. The van der Waals surface area contributed by atoms with Crippen LogP contribution in [0.2, 0.25) is 0 Å². The number of carboxylic acid groups (broad SMARTS) is 1. The predicted octanol–water partition coefficient (Wildman–Crippen LogP) is 1.52. The van der Waals surface area contributed by atoms with Crippen molar-refractivity contribution < 1.29 is 14.3 Å². The van der Waals surface area contributed by atoms with Crippen molar-refractivity contribution in [3.63, 3.8) is 0 Å². The third-order valence-electron chi connectivity index (χ3n) is 2.41. The Morgan fingerprint density at radius 2 is 2.31 bits per heavy atom. The van der Waals surface area contributed by atoms with E-state index in [4.69, 9.17) is 5.11 Å². The van der Waals surface area contributed by atoms with Crippen molar-refractivity contribution in [3.8, 4) is 0 Å². The van der Waals surface area contributed by atoms with Gasteiger partial charge in [0.1, 0.15) is 5.82 Å². The molecule has 0 aliphatic heterocycles. The number of aromatic nitrogens is 1. The number of rotatable bonds is 5. The van der Waals surface area contributed by atoms with Crippen LogP contribution in [-0.2, 0) is 10.3 Å². The second kappa shape index (κ2) is 5.03. The van der Waals surface area contributed by atoms with E-state index in [1.165, 1.54) is 12.3 Å². The molecule has 2 N–H and O–H groups in total. The van der Waals surface area contributed by atoms with E-state index >= 15 is 0 Å². The smallest absolute Gasteiger partial charge is 0.305 e. The largest absolute Gasteiger partial charge is 0.481 e. The maximum absolute atomic E-state index is 13.0. The highest BCUT2D eigenvalue weighted by molar-refractivity contribution is 5.68. The molecule has 1 aromatic heterocycles. The summed E-state index contributed by atoms with van der Waals surface area (Å²) in [6, 6.07) is 1.30. The van der Waals surface area contributed by atoms with Crippen LogP contribution >= 0.6 is 0 Å². The first-order valence-corrected chi connectivity index (χ1v) is 5.06. The number of hydrogen-bond acceptors (Lipinski definition) is 3. The van der Waals surface area contributed by atoms with Crippen LogP contribution in [0.25, 0.3) is 0 Å². The zero-order valence-corrected chi connectivity index (χ0v) is 9.33. The van der Waals surface area contributed by atoms with Gasteiger partial charge < -0.3 is 10.4 Å². The van der Waals surface area contributed by atoms with Crippen LogP contribution in [0.4, 0.5) is 4.39 Å². The zero-order chi connectivity index (χ0) is 12.2. The molecule has 4 nitrogen and oxygen atoms in total. The molecule has 1 unspecified atom stereocenters. The molecule has 1 atom stereocenters. The van der Waals surface area contributed by atoms with Crippen LogP contribution in [0.15, 0.2) is 18.5 Å². The SMILES string of the molecule is CCNC(C)(CC(=O)O)c1cncc(F)c1. The van der Waals surface area contributed by atoms with Gasteiger partial charge in [-0.25, -0.2) is 4.39 Å². The van der Waals surface area contributed by atoms with E-state index in [0.29, 0.717) is 12.1 Å². The minimum atomic E-state index is -0.937. The molecule has 0 aromatic carbocycles. The molecule has 5 heteroatoms. The molecule has 0 fully saturated rings. The number of nitrogens with zero attached hydrogens (tertiary/aromatic N) is 1. The van der Waals surface area contributed by atoms with E-state index in [-0.39, 0.29) is 6.42 Å². The normalized spacial score (nSPS) is 14.4. The van der Waals surface area contributed by atoms with Gasteiger partial charge in [0, 0.05) is 6.20 Å². The summed E-state index contributed by atoms with van der Waals surface area (Å²) < 4.78 is 13.0. The molecule has 88 valence electrons. The molecule has 0 spiro atoms. The first-order chi connectivity index (χ1) is 7.48. The maximum Gasteiger partial charge on any atom is 0.305 e. The van der Waals surface area contributed by atoms with E-state index in [9.17, 15) is 9.18 Å². The van der Waals surface area contributed by atoms with Gasteiger partial charge in [-0.2, -0.15) is 0 Å². The topological polar surface area (TPSA) is 62.2 Å². The quantitative estimate of drug-likeness (QED) is 0.799. The number of aliphatic carboxylic acids is 1. The van der Waals surface area contributed by atoms with Gasteiger partial charge in [0.2, 0.25) is 0 Å². The fourth-order valence-corrected chi connectivity index (χ4v) is 1.67. The van der Waals surface area contributed by atoms with Crippen molar-refractivity contribution in [2.45, 2.75) is 25.8 Å². The molecule has 16 heavy (non-hydrogen) atoms. The highest BCUT2D eigenvalue weighted by Crippen LogP contribution is 2.24. The molecular formula is C11H15FN2O2. The lowest BCUT2D eigenvalue weighted by atomic mass is 9.89. The lowest BCUT2D eigenvalue weighted by Gasteiger charge is -2.29. The summed E-state index contributed by atoms with van der Waals surface area (Å²) in [7, 11) is 0. The van der Waals surface area contributed by atoms with Crippen molar-refractivity contribution in [1.82, 2.24) is 10.3 Å². The summed E-state index contributed by atoms with van der Waals surface area (Å²) in [6.45, 7) is 4.19. The first-order valence-electron chi connectivity index (χ1n) is 5.06. The van der Waals surface area contributed by atoms with Gasteiger partial charge in [-0.15, -0.1) is 0 Å². The minimum Gasteiger partial charge on any atom is -0.481 e. The molecule has 0 radical (unpaired) electrons. The fraction of sp³-hybridized carbons (Fsp3) is 0.455. The third-order valence-corrected chi connectivity index (χ3v) is 2.41. The van der Waals surface area contributed by atoms with Gasteiger partial charge in [0.25, 0.3) is 0 Å². The number of carboxylic acids is 1. The number of hydrogen-bond donors (Lipinski definition) is 2. The Morgan fingerprint density at radius 1 is 1.62 bits per heavy atom. The van der Waals surface area contributed by atoms with E-state index < -0.39 is 17.3 Å². The summed E-state index contributed by atoms with van der Waals surface area (Å²) in [4.78, 5) is 14.5.